The lowest BCUT2D eigenvalue weighted by Gasteiger charge is -2.31. The Hall–Kier alpha value is -0.0800. The molecule has 1 aliphatic rings. The van der Waals surface area contributed by atoms with Gasteiger partial charge in [-0.2, -0.15) is 0 Å². The van der Waals surface area contributed by atoms with Gasteiger partial charge in [0, 0.05) is 18.6 Å². The number of rotatable bonds is 9. The van der Waals surface area contributed by atoms with Gasteiger partial charge in [0.05, 0.1) is 0 Å². The summed E-state index contributed by atoms with van der Waals surface area (Å²) in [6.07, 6.45) is 5.43. The molecule has 1 rings (SSSR count). The maximum absolute atomic E-state index is 3.66. The fourth-order valence-electron chi connectivity index (χ4n) is 2.39. The molecule has 16 heavy (non-hydrogen) atoms. The standard InChI is InChI=1S/C14H30N2/c1-5-10-16(13-8-9-13)11-14(15-7-3)12(4)6-2/h12-15H,5-11H2,1-4H3. The van der Waals surface area contributed by atoms with Crippen LogP contribution in [0.25, 0.3) is 0 Å². The zero-order valence-electron chi connectivity index (χ0n) is 11.6. The molecule has 2 nitrogen and oxygen atoms in total. The van der Waals surface area contributed by atoms with Crippen LogP contribution in [0.1, 0.15) is 53.4 Å². The highest BCUT2D eigenvalue weighted by Crippen LogP contribution is 2.27. The average molecular weight is 226 g/mol. The van der Waals surface area contributed by atoms with Gasteiger partial charge in [0.25, 0.3) is 0 Å². The van der Waals surface area contributed by atoms with Crippen LogP contribution >= 0.6 is 0 Å². The zero-order valence-corrected chi connectivity index (χ0v) is 11.6. The van der Waals surface area contributed by atoms with Crippen molar-refractivity contribution in [2.24, 2.45) is 5.92 Å². The fourth-order valence-corrected chi connectivity index (χ4v) is 2.39. The molecule has 2 atom stereocenters. The highest BCUT2D eigenvalue weighted by Gasteiger charge is 2.30. The summed E-state index contributed by atoms with van der Waals surface area (Å²) in [5, 5.41) is 3.66. The van der Waals surface area contributed by atoms with E-state index in [4.69, 9.17) is 0 Å². The van der Waals surface area contributed by atoms with Crippen molar-refractivity contribution in [1.82, 2.24) is 10.2 Å². The van der Waals surface area contributed by atoms with Crippen LogP contribution < -0.4 is 5.32 Å². The van der Waals surface area contributed by atoms with Gasteiger partial charge < -0.3 is 5.32 Å². The molecule has 0 aromatic carbocycles. The van der Waals surface area contributed by atoms with Gasteiger partial charge in [-0.05, 0) is 38.3 Å². The summed E-state index contributed by atoms with van der Waals surface area (Å²) in [5.41, 5.74) is 0. The molecule has 0 amide bonds. The predicted molar refractivity (Wildman–Crippen MR) is 71.8 cm³/mol. The van der Waals surface area contributed by atoms with Crippen LogP contribution in [0.2, 0.25) is 0 Å². The molecule has 0 saturated heterocycles. The third kappa shape index (κ3) is 4.42. The summed E-state index contributed by atoms with van der Waals surface area (Å²) >= 11 is 0. The largest absolute Gasteiger partial charge is 0.313 e. The normalized spacial score (nSPS) is 20.1. The van der Waals surface area contributed by atoms with E-state index in [0.717, 1.165) is 18.5 Å². The zero-order chi connectivity index (χ0) is 12.0. The number of likely N-dealkylation sites (N-methyl/N-ethyl adjacent to an activating group) is 1. The van der Waals surface area contributed by atoms with Gasteiger partial charge in [-0.25, -0.2) is 0 Å². The molecule has 96 valence electrons. The third-order valence-electron chi connectivity index (χ3n) is 3.80. The maximum Gasteiger partial charge on any atom is 0.0220 e. The van der Waals surface area contributed by atoms with Crippen molar-refractivity contribution in [3.63, 3.8) is 0 Å². The van der Waals surface area contributed by atoms with Crippen LogP contribution in [0.4, 0.5) is 0 Å². The van der Waals surface area contributed by atoms with E-state index in [1.54, 1.807) is 0 Å². The Bertz CT molecular complexity index is 178. The van der Waals surface area contributed by atoms with Crippen molar-refractivity contribution >= 4 is 0 Å². The van der Waals surface area contributed by atoms with Crippen molar-refractivity contribution in [2.75, 3.05) is 19.6 Å². The number of nitrogens with zero attached hydrogens (tertiary/aromatic N) is 1. The molecule has 0 aliphatic heterocycles. The SMILES string of the molecule is CCCN(CC(NCC)C(C)CC)C1CC1. The Morgan fingerprint density at radius 2 is 1.94 bits per heavy atom. The Morgan fingerprint density at radius 1 is 1.25 bits per heavy atom. The van der Waals surface area contributed by atoms with Crippen LogP contribution in [0.3, 0.4) is 0 Å². The second-order valence-electron chi connectivity index (χ2n) is 5.28. The smallest absolute Gasteiger partial charge is 0.0220 e. The molecule has 0 heterocycles. The van der Waals surface area contributed by atoms with E-state index >= 15 is 0 Å². The fraction of sp³-hybridized carbons (Fsp3) is 1.00. The summed E-state index contributed by atoms with van der Waals surface area (Å²) in [7, 11) is 0. The molecule has 0 bridgehead atoms. The number of hydrogen-bond donors (Lipinski definition) is 1. The van der Waals surface area contributed by atoms with Gasteiger partial charge in [-0.15, -0.1) is 0 Å². The first-order valence-corrected chi connectivity index (χ1v) is 7.20. The molecular formula is C14H30N2. The molecule has 2 heteroatoms. The topological polar surface area (TPSA) is 15.3 Å². The minimum Gasteiger partial charge on any atom is -0.313 e. The first-order chi connectivity index (χ1) is 7.72. The van der Waals surface area contributed by atoms with E-state index in [0.29, 0.717) is 6.04 Å². The van der Waals surface area contributed by atoms with E-state index in [2.05, 4.69) is 37.9 Å². The second-order valence-corrected chi connectivity index (χ2v) is 5.28. The first-order valence-electron chi connectivity index (χ1n) is 7.20. The second kappa shape index (κ2) is 7.29. The Labute approximate surface area is 102 Å². The molecule has 0 aromatic rings. The highest BCUT2D eigenvalue weighted by molar-refractivity contribution is 4.87. The monoisotopic (exact) mass is 226 g/mol. The maximum atomic E-state index is 3.66. The van der Waals surface area contributed by atoms with Gasteiger partial charge >= 0.3 is 0 Å². The first kappa shape index (κ1) is 14.0. The average Bonchev–Trinajstić information content (AvgIpc) is 3.10. The third-order valence-corrected chi connectivity index (χ3v) is 3.80. The van der Waals surface area contributed by atoms with Crippen LogP contribution in [0.15, 0.2) is 0 Å². The molecule has 1 aliphatic carbocycles. The van der Waals surface area contributed by atoms with Crippen molar-refractivity contribution in [3.05, 3.63) is 0 Å². The Balaban J connectivity index is 2.43. The minimum atomic E-state index is 0.683. The summed E-state index contributed by atoms with van der Waals surface area (Å²) in [4.78, 5) is 2.71. The number of hydrogen-bond acceptors (Lipinski definition) is 2. The van der Waals surface area contributed by atoms with Gasteiger partial charge in [0.2, 0.25) is 0 Å². The van der Waals surface area contributed by atoms with E-state index in [1.165, 1.54) is 38.8 Å². The predicted octanol–water partition coefficient (Wildman–Crippen LogP) is 2.89. The van der Waals surface area contributed by atoms with Crippen LogP contribution in [-0.4, -0.2) is 36.6 Å². The van der Waals surface area contributed by atoms with Crippen LogP contribution in [0.5, 0.6) is 0 Å². The van der Waals surface area contributed by atoms with Crippen LogP contribution in [0, 0.1) is 5.92 Å². The summed E-state index contributed by atoms with van der Waals surface area (Å²) in [6.45, 7) is 12.8. The quantitative estimate of drug-likeness (QED) is 0.650. The number of nitrogens with one attached hydrogen (secondary N) is 1. The molecule has 0 aromatic heterocycles. The minimum absolute atomic E-state index is 0.683. The van der Waals surface area contributed by atoms with E-state index in [1.807, 2.05) is 0 Å². The van der Waals surface area contributed by atoms with Crippen molar-refractivity contribution in [2.45, 2.75) is 65.5 Å². The highest BCUT2D eigenvalue weighted by atomic mass is 15.2. The van der Waals surface area contributed by atoms with Crippen molar-refractivity contribution in [3.8, 4) is 0 Å². The lowest BCUT2D eigenvalue weighted by Crippen LogP contribution is -2.45. The van der Waals surface area contributed by atoms with Crippen molar-refractivity contribution in [1.29, 1.82) is 0 Å². The Morgan fingerprint density at radius 3 is 2.38 bits per heavy atom. The van der Waals surface area contributed by atoms with Crippen molar-refractivity contribution < 1.29 is 0 Å². The van der Waals surface area contributed by atoms with E-state index in [-0.39, 0.29) is 0 Å². The molecule has 0 spiro atoms. The van der Waals surface area contributed by atoms with E-state index in [9.17, 15) is 0 Å². The lowest BCUT2D eigenvalue weighted by molar-refractivity contribution is 0.204. The van der Waals surface area contributed by atoms with Gasteiger partial charge in [0.1, 0.15) is 0 Å². The Kier molecular flexibility index (Phi) is 6.37. The summed E-state index contributed by atoms with van der Waals surface area (Å²) in [6, 6.07) is 1.59. The molecule has 1 fully saturated rings. The van der Waals surface area contributed by atoms with E-state index < -0.39 is 0 Å². The molecule has 2 unspecified atom stereocenters. The van der Waals surface area contributed by atoms with Gasteiger partial charge in [-0.1, -0.05) is 34.1 Å². The lowest BCUT2D eigenvalue weighted by atomic mass is 9.98. The molecule has 0 radical (unpaired) electrons. The summed E-state index contributed by atoms with van der Waals surface area (Å²) < 4.78 is 0. The van der Waals surface area contributed by atoms with Crippen LogP contribution in [-0.2, 0) is 0 Å². The summed E-state index contributed by atoms with van der Waals surface area (Å²) in [5.74, 6) is 0.790. The van der Waals surface area contributed by atoms with Gasteiger partial charge in [0.15, 0.2) is 0 Å². The molecule has 1 N–H and O–H groups in total. The molecular weight excluding hydrogens is 196 g/mol. The molecule has 1 saturated carbocycles. The van der Waals surface area contributed by atoms with Gasteiger partial charge in [-0.3, -0.25) is 4.90 Å².